The van der Waals surface area contributed by atoms with Crippen LogP contribution in [-0.4, -0.2) is 159 Å². The molecule has 4 bridgehead atoms. The molecule has 6 rings (SSSR count). The summed E-state index contributed by atoms with van der Waals surface area (Å²) in [7, 11) is 2.91. The summed E-state index contributed by atoms with van der Waals surface area (Å²) in [4.78, 5) is 59.3. The van der Waals surface area contributed by atoms with Crippen LogP contribution in [-0.2, 0) is 28.7 Å². The van der Waals surface area contributed by atoms with Crippen LogP contribution in [0.3, 0.4) is 0 Å². The first-order valence-corrected chi connectivity index (χ1v) is 25.6. The van der Waals surface area contributed by atoms with E-state index in [1.54, 1.807) is 12.1 Å². The Hall–Kier alpha value is -2.70. The quantitative estimate of drug-likeness (QED) is 0.0646. The summed E-state index contributed by atoms with van der Waals surface area (Å²) in [6.45, 7) is 11.4. The summed E-state index contributed by atoms with van der Waals surface area (Å²) in [5, 5.41) is 5.83. The number of amides is 2. The number of rotatable bonds is 24. The highest BCUT2D eigenvalue weighted by Crippen LogP contribution is 2.49. The number of carbonyl (C=O) groups excluding carboxylic acids is 4. The zero-order chi connectivity index (χ0) is 47.6. The fourth-order valence-electron chi connectivity index (χ4n) is 11.3. The average Bonchev–Trinajstić information content (AvgIpc) is 3.75. The lowest BCUT2D eigenvalue weighted by atomic mass is 9.76. The molecule has 4 saturated heterocycles. The predicted molar refractivity (Wildman–Crippen MR) is 276 cm³/mol. The van der Waals surface area contributed by atoms with E-state index in [4.69, 9.17) is 9.47 Å². The summed E-state index contributed by atoms with van der Waals surface area (Å²) >= 11 is 8.47. The first kappa shape index (κ1) is 59.6. The molecule has 4 heterocycles. The van der Waals surface area contributed by atoms with Crippen molar-refractivity contribution in [1.29, 1.82) is 0 Å². The molecule has 0 aliphatic carbocycles. The molecule has 4 unspecified atom stereocenters. The van der Waals surface area contributed by atoms with Gasteiger partial charge in [0.05, 0.1) is 39.1 Å². The molecule has 0 spiro atoms. The van der Waals surface area contributed by atoms with E-state index in [2.05, 4.69) is 69.3 Å². The zero-order valence-electron chi connectivity index (χ0n) is 40.5. The molecule has 8 atom stereocenters. The summed E-state index contributed by atoms with van der Waals surface area (Å²) in [6.07, 6.45) is 9.68. The number of hydrogen-bond donors (Lipinski definition) is 4. The summed E-state index contributed by atoms with van der Waals surface area (Å²) < 4.78 is 37.4. The number of nitrogens with one attached hydrogen (secondary N) is 2. The van der Waals surface area contributed by atoms with Gasteiger partial charge in [-0.15, -0.1) is 24.8 Å². The fourth-order valence-corrected chi connectivity index (χ4v) is 11.7. The smallest absolute Gasteiger partial charge is 0.310 e. The number of methoxy groups -OCH3 is 2. The fraction of sp³-hybridized carbons (Fsp3) is 0.680. The van der Waals surface area contributed by atoms with E-state index in [1.165, 1.54) is 38.5 Å². The Labute approximate surface area is 427 Å². The van der Waals surface area contributed by atoms with Gasteiger partial charge in [-0.05, 0) is 132 Å². The van der Waals surface area contributed by atoms with E-state index in [9.17, 15) is 28.0 Å². The molecule has 4 aliphatic rings. The minimum Gasteiger partial charge on any atom is -0.469 e. The first-order chi connectivity index (χ1) is 32.0. The lowest BCUT2D eigenvalue weighted by Crippen LogP contribution is -2.51. The van der Waals surface area contributed by atoms with Gasteiger partial charge in [0, 0.05) is 67.1 Å². The third kappa shape index (κ3) is 16.7. The van der Waals surface area contributed by atoms with Crippen LogP contribution in [0.2, 0.25) is 0 Å². The molecule has 0 aromatic heterocycles. The van der Waals surface area contributed by atoms with Gasteiger partial charge in [0.2, 0.25) is 11.8 Å². The second-order valence-electron chi connectivity index (χ2n) is 18.4. The van der Waals surface area contributed by atoms with E-state index >= 15 is 0 Å². The molecular formula is C50H78Cl2F2N6O6S2. The second kappa shape index (κ2) is 30.9. The minimum atomic E-state index is -0.265. The molecule has 384 valence electrons. The topological polar surface area (TPSA) is 124 Å². The molecule has 4 fully saturated rings. The van der Waals surface area contributed by atoms with E-state index < -0.39 is 0 Å². The second-order valence-corrected chi connectivity index (χ2v) is 19.3. The molecule has 18 heteroatoms. The standard InChI is InChI=1S/C26H40FN3O3.C24H36FN3O3S2.2ClH/c1-4-13-28-24(31)18-29(14-5-2)15-6-16-30-21-11-12-23(30)25(26(32)33-3)22(17-21)19-7-9-20(27)10-8-19;1-31-24(30)23-20(17-3-5-18(25)6-4-17)15-19-7-8-21(23)28(19)11-2-10-27(12-14-33)16-22(29)26-9-13-32;;/h7-10,21-23,25H,4-6,11-18H2,1-3H3,(H,28,31);3-6,19-21,23,32-33H,2,7-16H2,1H3,(H,26,29);2*1H/t21-,22-,23?,25?;19-,20-,21?,23?;;/m11../s1. The van der Waals surface area contributed by atoms with Crippen molar-refractivity contribution in [2.24, 2.45) is 11.8 Å². The normalized spacial score (nSPS) is 24.0. The number of fused-ring (bicyclic) bond motifs is 4. The number of carbonyl (C=O) groups is 4. The maximum atomic E-state index is 13.5. The highest BCUT2D eigenvalue weighted by atomic mass is 35.5. The number of benzene rings is 2. The number of ether oxygens (including phenoxy) is 2. The average molecular weight is 1030 g/mol. The molecule has 12 nitrogen and oxygen atoms in total. The molecule has 2 N–H and O–H groups in total. The van der Waals surface area contributed by atoms with Crippen LogP contribution in [0.15, 0.2) is 48.5 Å². The monoisotopic (exact) mass is 1030 g/mol. The Morgan fingerprint density at radius 1 is 0.618 bits per heavy atom. The number of esters is 2. The third-order valence-corrected chi connectivity index (χ3v) is 14.6. The van der Waals surface area contributed by atoms with Gasteiger partial charge >= 0.3 is 11.9 Å². The van der Waals surface area contributed by atoms with Crippen LogP contribution < -0.4 is 10.6 Å². The molecule has 4 aliphatic heterocycles. The Morgan fingerprint density at radius 2 is 1.04 bits per heavy atom. The maximum absolute atomic E-state index is 13.5. The van der Waals surface area contributed by atoms with Crippen molar-refractivity contribution in [2.75, 3.05) is 91.2 Å². The lowest BCUT2D eigenvalue weighted by Gasteiger charge is -2.44. The number of thiol groups is 2. The SMILES string of the molecule is CCCNC(=O)CN(CCC)CCCN1C2CC[C@@H]1C[C@H](c1ccc(F)cc1)C2C(=O)OC.COC(=O)C1C2CC[C@H](C[C@@H]1c1ccc(F)cc1)N2CCCN(CCS)CC(=O)NCCS.Cl.Cl. The van der Waals surface area contributed by atoms with Crippen LogP contribution in [0.4, 0.5) is 8.78 Å². The van der Waals surface area contributed by atoms with Gasteiger partial charge in [0.15, 0.2) is 0 Å². The Morgan fingerprint density at radius 3 is 1.43 bits per heavy atom. The van der Waals surface area contributed by atoms with Crippen LogP contribution in [0.1, 0.15) is 101 Å². The van der Waals surface area contributed by atoms with E-state index in [0.717, 1.165) is 121 Å². The number of piperidine rings is 2. The molecule has 2 amide bonds. The minimum absolute atomic E-state index is 0. The van der Waals surface area contributed by atoms with Gasteiger partial charge < -0.3 is 20.1 Å². The molecular weight excluding hydrogens is 954 g/mol. The zero-order valence-corrected chi connectivity index (χ0v) is 43.9. The van der Waals surface area contributed by atoms with Gasteiger partial charge in [-0.25, -0.2) is 8.78 Å². The van der Waals surface area contributed by atoms with E-state index in [-0.39, 0.29) is 96.0 Å². The van der Waals surface area contributed by atoms with Crippen molar-refractivity contribution < 1.29 is 37.4 Å². The van der Waals surface area contributed by atoms with Gasteiger partial charge in [-0.2, -0.15) is 25.3 Å². The van der Waals surface area contributed by atoms with Crippen LogP contribution >= 0.6 is 50.1 Å². The van der Waals surface area contributed by atoms with Crippen LogP contribution in [0.25, 0.3) is 0 Å². The molecule has 2 aromatic carbocycles. The van der Waals surface area contributed by atoms with Gasteiger partial charge in [-0.1, -0.05) is 38.1 Å². The van der Waals surface area contributed by atoms with Crippen molar-refractivity contribution in [1.82, 2.24) is 30.2 Å². The Bertz CT molecular complexity index is 1700. The third-order valence-electron chi connectivity index (χ3n) is 14.2. The Kier molecular flexibility index (Phi) is 27.1. The van der Waals surface area contributed by atoms with Crippen molar-refractivity contribution in [3.63, 3.8) is 0 Å². The van der Waals surface area contributed by atoms with Crippen molar-refractivity contribution in [2.45, 2.75) is 114 Å². The first-order valence-electron chi connectivity index (χ1n) is 24.3. The highest BCUT2D eigenvalue weighted by molar-refractivity contribution is 7.80. The lowest BCUT2D eigenvalue weighted by molar-refractivity contribution is -0.151. The van der Waals surface area contributed by atoms with Gasteiger partial charge in [0.25, 0.3) is 0 Å². The van der Waals surface area contributed by atoms with Gasteiger partial charge in [0.1, 0.15) is 11.6 Å². The largest absolute Gasteiger partial charge is 0.469 e. The van der Waals surface area contributed by atoms with E-state index in [1.807, 2.05) is 12.1 Å². The van der Waals surface area contributed by atoms with Crippen molar-refractivity contribution >= 4 is 73.8 Å². The number of hydrogen-bond acceptors (Lipinski definition) is 12. The van der Waals surface area contributed by atoms with Crippen LogP contribution in [0.5, 0.6) is 0 Å². The molecule has 2 aromatic rings. The maximum Gasteiger partial charge on any atom is 0.310 e. The number of nitrogens with zero attached hydrogens (tertiary/aromatic N) is 4. The number of halogens is 4. The molecule has 0 saturated carbocycles. The predicted octanol–water partition coefficient (Wildman–Crippen LogP) is 7.01. The molecule has 68 heavy (non-hydrogen) atoms. The Balaban J connectivity index is 0.000000350. The highest BCUT2D eigenvalue weighted by Gasteiger charge is 2.52. The van der Waals surface area contributed by atoms with Crippen LogP contribution in [0, 0.1) is 23.5 Å². The summed E-state index contributed by atoms with van der Waals surface area (Å²) in [5.41, 5.74) is 2.03. The van der Waals surface area contributed by atoms with Gasteiger partial charge in [-0.3, -0.25) is 38.8 Å². The van der Waals surface area contributed by atoms with E-state index in [0.29, 0.717) is 43.2 Å². The molecule has 0 radical (unpaired) electrons. The summed E-state index contributed by atoms with van der Waals surface area (Å²) in [6, 6.07) is 14.3. The van der Waals surface area contributed by atoms with Crippen molar-refractivity contribution in [3.05, 3.63) is 71.3 Å². The summed E-state index contributed by atoms with van der Waals surface area (Å²) in [5.74, 6) is 0.173. The van der Waals surface area contributed by atoms with Crippen molar-refractivity contribution in [3.8, 4) is 0 Å².